The molecule has 0 amide bonds. The van der Waals surface area contributed by atoms with Gasteiger partial charge in [0.15, 0.2) is 5.96 Å². The molecular formula is C22H44IN3O3. The van der Waals surface area contributed by atoms with Crippen LogP contribution in [0, 0.1) is 5.92 Å². The zero-order valence-electron chi connectivity index (χ0n) is 19.0. The van der Waals surface area contributed by atoms with Crippen molar-refractivity contribution in [1.29, 1.82) is 0 Å². The van der Waals surface area contributed by atoms with Gasteiger partial charge in [-0.1, -0.05) is 13.8 Å². The second-order valence-electron chi connectivity index (χ2n) is 8.27. The Kier molecular flexibility index (Phi) is 14.5. The van der Waals surface area contributed by atoms with Gasteiger partial charge in [-0.2, -0.15) is 0 Å². The van der Waals surface area contributed by atoms with Crippen LogP contribution in [0.3, 0.4) is 0 Å². The molecule has 2 saturated heterocycles. The highest BCUT2D eigenvalue weighted by molar-refractivity contribution is 14.0. The lowest BCUT2D eigenvalue weighted by Gasteiger charge is -2.35. The zero-order chi connectivity index (χ0) is 20.2. The minimum absolute atomic E-state index is 0. The molecule has 29 heavy (non-hydrogen) atoms. The predicted octanol–water partition coefficient (Wildman–Crippen LogP) is 4.07. The van der Waals surface area contributed by atoms with E-state index in [9.17, 15) is 0 Å². The van der Waals surface area contributed by atoms with Crippen LogP contribution in [0.4, 0.5) is 0 Å². The molecule has 2 atom stereocenters. The van der Waals surface area contributed by atoms with Gasteiger partial charge in [0.25, 0.3) is 0 Å². The van der Waals surface area contributed by atoms with Crippen LogP contribution < -0.4 is 5.32 Å². The summed E-state index contributed by atoms with van der Waals surface area (Å²) in [6.45, 7) is 14.8. The predicted molar refractivity (Wildman–Crippen MR) is 130 cm³/mol. The third kappa shape index (κ3) is 10.2. The molecule has 2 aliphatic rings. The van der Waals surface area contributed by atoms with Crippen LogP contribution in [0.15, 0.2) is 4.99 Å². The molecule has 7 heteroatoms. The number of ether oxygens (including phenoxy) is 3. The Morgan fingerprint density at radius 1 is 1.17 bits per heavy atom. The molecule has 2 fully saturated rings. The Morgan fingerprint density at radius 3 is 2.52 bits per heavy atom. The van der Waals surface area contributed by atoms with Crippen LogP contribution in [0.1, 0.15) is 66.2 Å². The van der Waals surface area contributed by atoms with Gasteiger partial charge in [-0.05, 0) is 58.3 Å². The first-order valence-electron chi connectivity index (χ1n) is 11.5. The molecule has 0 aliphatic carbocycles. The highest BCUT2D eigenvalue weighted by Gasteiger charge is 2.24. The van der Waals surface area contributed by atoms with Crippen molar-refractivity contribution >= 4 is 29.9 Å². The number of guanidine groups is 1. The summed E-state index contributed by atoms with van der Waals surface area (Å²) in [6, 6.07) is 0. The monoisotopic (exact) mass is 525 g/mol. The van der Waals surface area contributed by atoms with Crippen molar-refractivity contribution in [2.24, 2.45) is 10.9 Å². The molecule has 0 aromatic rings. The van der Waals surface area contributed by atoms with Crippen molar-refractivity contribution in [2.45, 2.75) is 84.5 Å². The summed E-state index contributed by atoms with van der Waals surface area (Å²) in [7, 11) is 0. The maximum absolute atomic E-state index is 6.15. The number of likely N-dealkylation sites (tertiary alicyclic amines) is 1. The van der Waals surface area contributed by atoms with Gasteiger partial charge < -0.3 is 24.4 Å². The van der Waals surface area contributed by atoms with Crippen LogP contribution in [0.25, 0.3) is 0 Å². The van der Waals surface area contributed by atoms with Gasteiger partial charge >= 0.3 is 0 Å². The lowest BCUT2D eigenvalue weighted by atomic mass is 10.0. The molecule has 0 radical (unpaired) electrons. The average molecular weight is 526 g/mol. The second kappa shape index (κ2) is 15.6. The summed E-state index contributed by atoms with van der Waals surface area (Å²) in [5.74, 6) is 1.56. The van der Waals surface area contributed by atoms with E-state index in [0.29, 0.717) is 18.1 Å². The Bertz CT molecular complexity index is 437. The van der Waals surface area contributed by atoms with Gasteiger partial charge in [-0.3, -0.25) is 4.99 Å². The molecule has 0 aromatic carbocycles. The molecule has 2 unspecified atom stereocenters. The largest absolute Gasteiger partial charge is 0.378 e. The smallest absolute Gasteiger partial charge is 0.193 e. The molecule has 0 aromatic heterocycles. The molecule has 0 spiro atoms. The van der Waals surface area contributed by atoms with E-state index in [2.05, 4.69) is 37.9 Å². The van der Waals surface area contributed by atoms with E-state index in [4.69, 9.17) is 19.2 Å². The van der Waals surface area contributed by atoms with Crippen molar-refractivity contribution in [3.8, 4) is 0 Å². The van der Waals surface area contributed by atoms with E-state index in [1.165, 1.54) is 12.8 Å². The Balaban J connectivity index is 0.00000420. The fraction of sp³-hybridized carbons (Fsp3) is 0.955. The van der Waals surface area contributed by atoms with Crippen LogP contribution >= 0.6 is 24.0 Å². The number of rotatable bonds is 10. The quantitative estimate of drug-likeness (QED) is 0.265. The maximum atomic E-state index is 6.15. The molecule has 2 heterocycles. The lowest BCUT2D eigenvalue weighted by Crippen LogP contribution is -2.47. The Labute approximate surface area is 195 Å². The number of aliphatic imine (C=N–C) groups is 1. The molecule has 2 aliphatic heterocycles. The summed E-state index contributed by atoms with van der Waals surface area (Å²) in [5.41, 5.74) is 0. The van der Waals surface area contributed by atoms with E-state index in [1.54, 1.807) is 0 Å². The zero-order valence-corrected chi connectivity index (χ0v) is 21.4. The van der Waals surface area contributed by atoms with Gasteiger partial charge in [0.1, 0.15) is 0 Å². The summed E-state index contributed by atoms with van der Waals surface area (Å²) >= 11 is 0. The molecule has 172 valence electrons. The Morgan fingerprint density at radius 2 is 1.93 bits per heavy atom. The van der Waals surface area contributed by atoms with Crippen LogP contribution in [-0.2, 0) is 14.2 Å². The highest BCUT2D eigenvalue weighted by atomic mass is 127. The van der Waals surface area contributed by atoms with Gasteiger partial charge in [0.05, 0.1) is 24.9 Å². The van der Waals surface area contributed by atoms with Gasteiger partial charge in [-0.25, -0.2) is 0 Å². The summed E-state index contributed by atoms with van der Waals surface area (Å²) in [4.78, 5) is 7.26. The molecule has 6 nitrogen and oxygen atoms in total. The number of nitrogens with zero attached hydrogens (tertiary/aromatic N) is 2. The number of piperidine rings is 1. The average Bonchev–Trinajstić information content (AvgIpc) is 2.72. The molecule has 1 N–H and O–H groups in total. The first-order chi connectivity index (χ1) is 13.6. The van der Waals surface area contributed by atoms with Gasteiger partial charge in [0, 0.05) is 39.4 Å². The summed E-state index contributed by atoms with van der Waals surface area (Å²) < 4.78 is 17.8. The van der Waals surface area contributed by atoms with Crippen LogP contribution in [0.5, 0.6) is 0 Å². The number of nitrogens with one attached hydrogen (secondary N) is 1. The summed E-state index contributed by atoms with van der Waals surface area (Å²) in [6.07, 6.45) is 7.67. The fourth-order valence-electron chi connectivity index (χ4n) is 3.96. The topological polar surface area (TPSA) is 55.3 Å². The molecule has 0 bridgehead atoms. The highest BCUT2D eigenvalue weighted by Crippen LogP contribution is 2.18. The maximum Gasteiger partial charge on any atom is 0.193 e. The van der Waals surface area contributed by atoms with E-state index in [0.717, 1.165) is 77.6 Å². The minimum atomic E-state index is 0. The van der Waals surface area contributed by atoms with Crippen molar-refractivity contribution in [3.63, 3.8) is 0 Å². The lowest BCUT2D eigenvalue weighted by molar-refractivity contribution is -0.0721. The van der Waals surface area contributed by atoms with Crippen LogP contribution in [0.2, 0.25) is 0 Å². The van der Waals surface area contributed by atoms with Crippen molar-refractivity contribution in [2.75, 3.05) is 46.0 Å². The first-order valence-corrected chi connectivity index (χ1v) is 11.5. The standard InChI is InChI=1S/C22H43N3O3.HI/c1-5-23-22(24-13-10-21(18(3)4)26-6-2)25-14-11-19(12-15-25)28-17-20-9-7-8-16-27-20;/h18-21H,5-17H2,1-4H3,(H,23,24);1H. The van der Waals surface area contributed by atoms with Crippen molar-refractivity contribution in [1.82, 2.24) is 10.2 Å². The third-order valence-corrected chi connectivity index (χ3v) is 5.67. The molecule has 2 rings (SSSR count). The van der Waals surface area contributed by atoms with Crippen molar-refractivity contribution in [3.05, 3.63) is 0 Å². The first kappa shape index (κ1) is 26.9. The van der Waals surface area contributed by atoms with Crippen molar-refractivity contribution < 1.29 is 14.2 Å². The van der Waals surface area contributed by atoms with Gasteiger partial charge in [-0.15, -0.1) is 24.0 Å². The minimum Gasteiger partial charge on any atom is -0.378 e. The van der Waals surface area contributed by atoms with E-state index in [-0.39, 0.29) is 30.1 Å². The second-order valence-corrected chi connectivity index (χ2v) is 8.27. The number of hydrogen-bond donors (Lipinski definition) is 1. The van der Waals surface area contributed by atoms with E-state index < -0.39 is 0 Å². The molecule has 0 saturated carbocycles. The Hall–Kier alpha value is -0.120. The third-order valence-electron chi connectivity index (χ3n) is 5.67. The molecular weight excluding hydrogens is 481 g/mol. The van der Waals surface area contributed by atoms with E-state index in [1.807, 2.05) is 0 Å². The number of halogens is 1. The number of hydrogen-bond acceptors (Lipinski definition) is 4. The fourth-order valence-corrected chi connectivity index (χ4v) is 3.96. The normalized spacial score (nSPS) is 22.4. The van der Waals surface area contributed by atoms with Gasteiger partial charge in [0.2, 0.25) is 0 Å². The van der Waals surface area contributed by atoms with Crippen LogP contribution in [-0.4, -0.2) is 75.2 Å². The van der Waals surface area contributed by atoms with E-state index >= 15 is 0 Å². The summed E-state index contributed by atoms with van der Waals surface area (Å²) in [5, 5.41) is 3.46. The SMILES string of the molecule is CCNC(=NCCC(OCC)C(C)C)N1CCC(OCC2CCCCO2)CC1.I.